The lowest BCUT2D eigenvalue weighted by molar-refractivity contribution is -0.164. The first-order chi connectivity index (χ1) is 5.92. The lowest BCUT2D eigenvalue weighted by Gasteiger charge is -2.08. The van der Waals surface area contributed by atoms with Crippen LogP contribution in [0.5, 0.6) is 0 Å². The molecule has 0 saturated carbocycles. The van der Waals surface area contributed by atoms with Gasteiger partial charge < -0.3 is 5.11 Å². The summed E-state index contributed by atoms with van der Waals surface area (Å²) in [6.45, 7) is 0. The Morgan fingerprint density at radius 2 is 2.31 bits per heavy atom. The van der Waals surface area contributed by atoms with Crippen LogP contribution in [0.4, 0.5) is 8.78 Å². The van der Waals surface area contributed by atoms with Gasteiger partial charge in [-0.2, -0.15) is 8.78 Å². The second-order valence-corrected chi connectivity index (χ2v) is 3.99. The molecule has 1 aromatic heterocycles. The van der Waals surface area contributed by atoms with E-state index in [-0.39, 0.29) is 5.56 Å². The standard InChI is InChI=1S/C7H5ClF2O2S/c8-5-1-4(3-13-5)2-7(9,10)6(11)12/h1,3H,2H2,(H,11,12). The predicted molar refractivity (Wildman–Crippen MR) is 45.6 cm³/mol. The highest BCUT2D eigenvalue weighted by Gasteiger charge is 2.38. The van der Waals surface area contributed by atoms with E-state index in [1.165, 1.54) is 11.4 Å². The summed E-state index contributed by atoms with van der Waals surface area (Å²) in [6, 6.07) is 1.34. The van der Waals surface area contributed by atoms with Gasteiger partial charge in [0.25, 0.3) is 0 Å². The number of rotatable bonds is 3. The van der Waals surface area contributed by atoms with E-state index in [1.807, 2.05) is 0 Å². The van der Waals surface area contributed by atoms with Crippen LogP contribution in [-0.2, 0) is 11.2 Å². The van der Waals surface area contributed by atoms with Gasteiger partial charge in [-0.05, 0) is 17.0 Å². The van der Waals surface area contributed by atoms with Crippen LogP contribution in [0.3, 0.4) is 0 Å². The van der Waals surface area contributed by atoms with Gasteiger partial charge in [-0.1, -0.05) is 11.6 Å². The third-order valence-corrected chi connectivity index (χ3v) is 2.50. The molecular formula is C7H5ClF2O2S. The van der Waals surface area contributed by atoms with Gasteiger partial charge in [-0.3, -0.25) is 0 Å². The van der Waals surface area contributed by atoms with Gasteiger partial charge in [0.05, 0.1) is 4.34 Å². The highest BCUT2D eigenvalue weighted by Crippen LogP contribution is 2.26. The molecule has 0 bridgehead atoms. The Labute approximate surface area is 81.8 Å². The predicted octanol–water partition coefficient (Wildman–Crippen LogP) is 2.66. The lowest BCUT2D eigenvalue weighted by Crippen LogP contribution is -2.30. The molecule has 6 heteroatoms. The maximum Gasteiger partial charge on any atom is 0.374 e. The number of hydrogen-bond acceptors (Lipinski definition) is 2. The zero-order valence-corrected chi connectivity index (χ0v) is 7.83. The number of aliphatic carboxylic acids is 1. The van der Waals surface area contributed by atoms with E-state index >= 15 is 0 Å². The Balaban J connectivity index is 2.74. The first kappa shape index (κ1) is 10.4. The summed E-state index contributed by atoms with van der Waals surface area (Å²) in [5, 5.41) is 9.55. The van der Waals surface area contributed by atoms with Crippen molar-refractivity contribution in [2.75, 3.05) is 0 Å². The number of carboxylic acid groups (broad SMARTS) is 1. The van der Waals surface area contributed by atoms with Gasteiger partial charge in [-0.25, -0.2) is 4.79 Å². The van der Waals surface area contributed by atoms with E-state index in [4.69, 9.17) is 16.7 Å². The zero-order chi connectivity index (χ0) is 10.1. The summed E-state index contributed by atoms with van der Waals surface area (Å²) in [5.74, 6) is -5.83. The topological polar surface area (TPSA) is 37.3 Å². The van der Waals surface area contributed by atoms with Gasteiger partial charge in [0, 0.05) is 6.42 Å². The molecule has 72 valence electrons. The average Bonchev–Trinajstić information content (AvgIpc) is 2.34. The maximum absolute atomic E-state index is 12.6. The third-order valence-electron chi connectivity index (χ3n) is 1.36. The van der Waals surface area contributed by atoms with Crippen molar-refractivity contribution in [1.29, 1.82) is 0 Å². The van der Waals surface area contributed by atoms with Crippen LogP contribution >= 0.6 is 22.9 Å². The monoisotopic (exact) mass is 226 g/mol. The summed E-state index contributed by atoms with van der Waals surface area (Å²) >= 11 is 6.59. The molecule has 0 aliphatic carbocycles. The Kier molecular flexibility index (Phi) is 2.87. The van der Waals surface area contributed by atoms with Crippen molar-refractivity contribution in [1.82, 2.24) is 0 Å². The van der Waals surface area contributed by atoms with Crippen LogP contribution in [0.25, 0.3) is 0 Å². The van der Waals surface area contributed by atoms with E-state index in [0.717, 1.165) is 11.3 Å². The maximum atomic E-state index is 12.6. The molecule has 0 atom stereocenters. The fraction of sp³-hybridized carbons (Fsp3) is 0.286. The number of carboxylic acids is 1. The molecule has 2 nitrogen and oxygen atoms in total. The molecule has 0 aliphatic heterocycles. The van der Waals surface area contributed by atoms with Crippen LogP contribution in [-0.4, -0.2) is 17.0 Å². The molecule has 0 amide bonds. The summed E-state index contributed by atoms with van der Waals surface area (Å²) < 4.78 is 25.6. The Morgan fingerprint density at radius 3 is 2.69 bits per heavy atom. The van der Waals surface area contributed by atoms with Crippen LogP contribution in [0.1, 0.15) is 5.56 Å². The van der Waals surface area contributed by atoms with E-state index in [1.54, 1.807) is 0 Å². The van der Waals surface area contributed by atoms with E-state index < -0.39 is 18.3 Å². The summed E-state index contributed by atoms with van der Waals surface area (Å²) in [4.78, 5) is 10.1. The highest BCUT2D eigenvalue weighted by molar-refractivity contribution is 7.14. The quantitative estimate of drug-likeness (QED) is 0.860. The number of hydrogen-bond donors (Lipinski definition) is 1. The second kappa shape index (κ2) is 3.59. The third kappa shape index (κ3) is 2.63. The van der Waals surface area contributed by atoms with Crippen molar-refractivity contribution in [3.8, 4) is 0 Å². The molecule has 1 aromatic rings. The van der Waals surface area contributed by atoms with Crippen LogP contribution in [0.15, 0.2) is 11.4 Å². The van der Waals surface area contributed by atoms with Gasteiger partial charge in [0.2, 0.25) is 0 Å². The number of alkyl halides is 2. The van der Waals surface area contributed by atoms with Gasteiger partial charge in [-0.15, -0.1) is 11.3 Å². The molecule has 0 radical (unpaired) electrons. The van der Waals surface area contributed by atoms with Crippen LogP contribution in [0, 0.1) is 0 Å². The van der Waals surface area contributed by atoms with Crippen molar-refractivity contribution in [2.45, 2.75) is 12.3 Å². The molecule has 0 aromatic carbocycles. The van der Waals surface area contributed by atoms with Gasteiger partial charge in [0.1, 0.15) is 0 Å². The first-order valence-corrected chi connectivity index (χ1v) is 4.52. The highest BCUT2D eigenvalue weighted by atomic mass is 35.5. The van der Waals surface area contributed by atoms with E-state index in [0.29, 0.717) is 4.34 Å². The molecule has 1 heterocycles. The average molecular weight is 227 g/mol. The minimum atomic E-state index is -3.72. The number of carbonyl (C=O) groups is 1. The molecule has 0 aliphatic rings. The summed E-state index contributed by atoms with van der Waals surface area (Å²) in [6.07, 6.45) is -0.814. The van der Waals surface area contributed by atoms with E-state index in [9.17, 15) is 13.6 Å². The van der Waals surface area contributed by atoms with Crippen LogP contribution in [0.2, 0.25) is 4.34 Å². The van der Waals surface area contributed by atoms with Crippen molar-refractivity contribution in [2.24, 2.45) is 0 Å². The molecular weight excluding hydrogens is 222 g/mol. The van der Waals surface area contributed by atoms with Gasteiger partial charge >= 0.3 is 11.9 Å². The number of thiophene rings is 1. The SMILES string of the molecule is O=C(O)C(F)(F)Cc1csc(Cl)c1. The van der Waals surface area contributed by atoms with Crippen LogP contribution < -0.4 is 0 Å². The first-order valence-electron chi connectivity index (χ1n) is 3.26. The molecule has 0 spiro atoms. The molecule has 1 rings (SSSR count). The van der Waals surface area contributed by atoms with Crippen molar-refractivity contribution in [3.05, 3.63) is 21.3 Å². The molecule has 0 unspecified atom stereocenters. The number of halogens is 3. The minimum Gasteiger partial charge on any atom is -0.477 e. The van der Waals surface area contributed by atoms with Crippen molar-refractivity contribution >= 4 is 28.9 Å². The van der Waals surface area contributed by atoms with E-state index in [2.05, 4.69) is 0 Å². The molecule has 13 heavy (non-hydrogen) atoms. The molecule has 0 saturated heterocycles. The molecule has 0 fully saturated rings. The Morgan fingerprint density at radius 1 is 1.69 bits per heavy atom. The second-order valence-electron chi connectivity index (χ2n) is 2.45. The normalized spacial score (nSPS) is 11.6. The summed E-state index contributed by atoms with van der Waals surface area (Å²) in [5.41, 5.74) is 0.238. The van der Waals surface area contributed by atoms with Crippen molar-refractivity contribution < 1.29 is 18.7 Å². The van der Waals surface area contributed by atoms with Gasteiger partial charge in [0.15, 0.2) is 0 Å². The van der Waals surface area contributed by atoms with Crippen molar-refractivity contribution in [3.63, 3.8) is 0 Å². The minimum absolute atomic E-state index is 0.238. The lowest BCUT2D eigenvalue weighted by atomic mass is 10.1. The Hall–Kier alpha value is -0.680. The smallest absolute Gasteiger partial charge is 0.374 e. The fourth-order valence-electron chi connectivity index (χ4n) is 0.770. The largest absolute Gasteiger partial charge is 0.477 e. The summed E-state index contributed by atoms with van der Waals surface area (Å²) in [7, 11) is 0. The zero-order valence-electron chi connectivity index (χ0n) is 6.26. The fourth-order valence-corrected chi connectivity index (χ4v) is 1.68. The Bertz CT molecular complexity index is 324. The molecule has 1 N–H and O–H groups in total.